The van der Waals surface area contributed by atoms with Gasteiger partial charge in [-0.3, -0.25) is 4.79 Å². The largest absolute Gasteiger partial charge is 0.481 e. The first-order valence-corrected chi connectivity index (χ1v) is 2.82. The molecule has 0 heterocycles. The maximum absolute atomic E-state index is 9.52. The maximum Gasteiger partial charge on any atom is 0.304 e. The molecule has 3 nitrogen and oxygen atoms in total. The number of rotatable bonds is 2. The lowest BCUT2D eigenvalue weighted by Crippen LogP contribution is -2.05. The van der Waals surface area contributed by atoms with Crippen LogP contribution in [0.1, 0.15) is 6.42 Å². The molecule has 0 aromatic carbocycles. The molecule has 0 aliphatic rings. The zero-order valence-corrected chi connectivity index (χ0v) is 5.48. The quantitative estimate of drug-likeness (QED) is 0.540. The highest BCUT2D eigenvalue weighted by atomic mass is 35.5. The van der Waals surface area contributed by atoms with Gasteiger partial charge in [0.15, 0.2) is 0 Å². The van der Waals surface area contributed by atoms with Gasteiger partial charge in [0.1, 0.15) is 0 Å². The molecule has 50 valence electrons. The normalized spacial score (nSPS) is 6.88. The molecule has 0 fully saturated rings. The van der Waals surface area contributed by atoms with Gasteiger partial charge in [-0.2, -0.15) is 0 Å². The summed E-state index contributed by atoms with van der Waals surface area (Å²) >= 11 is 4.64. The lowest BCUT2D eigenvalue weighted by molar-refractivity contribution is -0.136. The molecule has 0 aromatic rings. The molecular formula is C4H10ClNO2. The van der Waals surface area contributed by atoms with Gasteiger partial charge in [-0.05, 0) is 0 Å². The minimum Gasteiger partial charge on any atom is -0.481 e. The first kappa shape index (κ1) is 10.7. The highest BCUT2D eigenvalue weighted by molar-refractivity contribution is 6.15. The average molecular weight is 140 g/mol. The van der Waals surface area contributed by atoms with Crippen LogP contribution in [0.2, 0.25) is 0 Å². The second kappa shape index (κ2) is 9.87. The number of halogens is 1. The molecule has 0 amide bonds. The Kier molecular flexibility index (Phi) is 13.1. The Morgan fingerprint density at radius 3 is 2.12 bits per heavy atom. The van der Waals surface area contributed by atoms with Crippen LogP contribution < -0.4 is 5.73 Å². The van der Waals surface area contributed by atoms with Gasteiger partial charge in [-0.25, -0.2) is 0 Å². The number of nitrogens with two attached hydrogens (primary N) is 1. The summed E-state index contributed by atoms with van der Waals surface area (Å²) in [7, 11) is 0. The van der Waals surface area contributed by atoms with E-state index in [9.17, 15) is 4.79 Å². The van der Waals surface area contributed by atoms with E-state index in [1.165, 1.54) is 6.38 Å². The van der Waals surface area contributed by atoms with Crippen LogP contribution in [0.3, 0.4) is 0 Å². The molecule has 0 rings (SSSR count). The van der Waals surface area contributed by atoms with E-state index in [0.29, 0.717) is 0 Å². The Morgan fingerprint density at radius 2 is 2.12 bits per heavy atom. The van der Waals surface area contributed by atoms with Crippen molar-refractivity contribution in [2.24, 2.45) is 5.73 Å². The summed E-state index contributed by atoms with van der Waals surface area (Å²) in [4.78, 5) is 9.52. The summed E-state index contributed by atoms with van der Waals surface area (Å²) < 4.78 is 0. The molecule has 0 radical (unpaired) electrons. The van der Waals surface area contributed by atoms with Crippen molar-refractivity contribution in [3.05, 3.63) is 0 Å². The molecule has 3 N–H and O–H groups in total. The van der Waals surface area contributed by atoms with Crippen LogP contribution in [0, 0.1) is 0 Å². The van der Waals surface area contributed by atoms with Gasteiger partial charge >= 0.3 is 5.97 Å². The third kappa shape index (κ3) is 17.2. The summed E-state index contributed by atoms with van der Waals surface area (Å²) in [6, 6.07) is 0. The van der Waals surface area contributed by atoms with Crippen molar-refractivity contribution in [3.8, 4) is 0 Å². The Balaban J connectivity index is 0. The minimum atomic E-state index is -0.836. The lowest BCUT2D eigenvalue weighted by atomic mass is 10.5. The zero-order chi connectivity index (χ0) is 6.99. The van der Waals surface area contributed by atoms with Crippen molar-refractivity contribution in [1.29, 1.82) is 0 Å². The SMILES string of the molecule is CCl.NCCC(=O)O. The molecule has 0 unspecified atom stereocenters. The fourth-order valence-electron chi connectivity index (χ4n) is 0.123. The van der Waals surface area contributed by atoms with Crippen molar-refractivity contribution in [1.82, 2.24) is 0 Å². The summed E-state index contributed by atoms with van der Waals surface area (Å²) in [5.74, 6) is -0.836. The van der Waals surface area contributed by atoms with Crippen LogP contribution in [-0.4, -0.2) is 24.0 Å². The molecule has 0 atom stereocenters. The van der Waals surface area contributed by atoms with E-state index in [2.05, 4.69) is 11.6 Å². The van der Waals surface area contributed by atoms with E-state index in [1.54, 1.807) is 0 Å². The summed E-state index contributed by atoms with van der Waals surface area (Å²) in [5, 5.41) is 7.83. The molecule has 0 saturated carbocycles. The number of carboxylic acids is 1. The van der Waals surface area contributed by atoms with Gasteiger partial charge in [-0.15, -0.1) is 11.6 Å². The van der Waals surface area contributed by atoms with E-state index >= 15 is 0 Å². The number of aliphatic carboxylic acids is 1. The van der Waals surface area contributed by atoms with Crippen LogP contribution in [0.4, 0.5) is 0 Å². The van der Waals surface area contributed by atoms with E-state index in [4.69, 9.17) is 10.8 Å². The fraction of sp³-hybridized carbons (Fsp3) is 0.750. The first-order valence-electron chi connectivity index (χ1n) is 2.07. The fourth-order valence-corrected chi connectivity index (χ4v) is 0.123. The molecule has 0 aliphatic carbocycles. The Labute approximate surface area is 53.4 Å². The van der Waals surface area contributed by atoms with Crippen LogP contribution in [0.5, 0.6) is 0 Å². The summed E-state index contributed by atoms with van der Waals surface area (Å²) in [6.07, 6.45) is 1.54. The lowest BCUT2D eigenvalue weighted by Gasteiger charge is -1.80. The Bertz CT molecular complexity index is 58.0. The summed E-state index contributed by atoms with van der Waals surface area (Å²) in [5.41, 5.74) is 4.85. The van der Waals surface area contributed by atoms with E-state index in [-0.39, 0.29) is 13.0 Å². The monoisotopic (exact) mass is 139 g/mol. The number of hydrogen-bond acceptors (Lipinski definition) is 2. The van der Waals surface area contributed by atoms with Gasteiger partial charge in [0.05, 0.1) is 6.42 Å². The molecule has 0 spiro atoms. The van der Waals surface area contributed by atoms with Gasteiger partial charge in [0.2, 0.25) is 0 Å². The molecule has 0 aliphatic heterocycles. The molecule has 0 saturated heterocycles. The average Bonchev–Trinajstić information content (AvgIpc) is 1.72. The number of carboxylic acid groups (broad SMARTS) is 1. The van der Waals surface area contributed by atoms with Crippen molar-refractivity contribution in [3.63, 3.8) is 0 Å². The van der Waals surface area contributed by atoms with E-state index < -0.39 is 5.97 Å². The third-order valence-corrected chi connectivity index (χ3v) is 0.358. The molecule has 4 heteroatoms. The van der Waals surface area contributed by atoms with Crippen molar-refractivity contribution >= 4 is 17.6 Å². The molecule has 0 bridgehead atoms. The Hall–Kier alpha value is -0.280. The number of hydrogen-bond donors (Lipinski definition) is 2. The van der Waals surface area contributed by atoms with Crippen molar-refractivity contribution < 1.29 is 9.90 Å². The predicted molar refractivity (Wildman–Crippen MR) is 33.1 cm³/mol. The predicted octanol–water partition coefficient (Wildman–Crippen LogP) is 0.275. The highest BCUT2D eigenvalue weighted by Gasteiger charge is 1.87. The van der Waals surface area contributed by atoms with Crippen molar-refractivity contribution in [2.75, 3.05) is 12.9 Å². The van der Waals surface area contributed by atoms with Gasteiger partial charge in [0.25, 0.3) is 0 Å². The van der Waals surface area contributed by atoms with Crippen LogP contribution in [0.25, 0.3) is 0 Å². The smallest absolute Gasteiger partial charge is 0.304 e. The Morgan fingerprint density at radius 1 is 1.75 bits per heavy atom. The first-order chi connectivity index (χ1) is 3.77. The second-order valence-corrected chi connectivity index (χ2v) is 0.932. The number of carbonyl (C=O) groups is 1. The standard InChI is InChI=1S/C3H7NO2.CH3Cl/c4-2-1-3(5)6;1-2/h1-2,4H2,(H,5,6);1H3. The van der Waals surface area contributed by atoms with Crippen LogP contribution >= 0.6 is 11.6 Å². The molecule has 8 heavy (non-hydrogen) atoms. The topological polar surface area (TPSA) is 63.3 Å². The van der Waals surface area contributed by atoms with Crippen molar-refractivity contribution in [2.45, 2.75) is 6.42 Å². The summed E-state index contributed by atoms with van der Waals surface area (Å²) in [6.45, 7) is 0.231. The van der Waals surface area contributed by atoms with Gasteiger partial charge in [0, 0.05) is 12.9 Å². The minimum absolute atomic E-state index is 0.0694. The molecular weight excluding hydrogens is 130 g/mol. The van der Waals surface area contributed by atoms with E-state index in [0.717, 1.165) is 0 Å². The van der Waals surface area contributed by atoms with Crippen LogP contribution in [-0.2, 0) is 4.79 Å². The highest BCUT2D eigenvalue weighted by Crippen LogP contribution is 1.67. The van der Waals surface area contributed by atoms with Gasteiger partial charge < -0.3 is 10.8 Å². The third-order valence-electron chi connectivity index (χ3n) is 0.358. The second-order valence-electron chi connectivity index (χ2n) is 0.932. The van der Waals surface area contributed by atoms with Gasteiger partial charge in [-0.1, -0.05) is 0 Å². The zero-order valence-electron chi connectivity index (χ0n) is 4.72. The number of alkyl halides is 1. The van der Waals surface area contributed by atoms with Crippen LogP contribution in [0.15, 0.2) is 0 Å². The molecule has 0 aromatic heterocycles. The van der Waals surface area contributed by atoms with E-state index in [1.807, 2.05) is 0 Å². The maximum atomic E-state index is 9.52.